The van der Waals surface area contributed by atoms with Crippen molar-refractivity contribution in [3.05, 3.63) is 35.7 Å². The first kappa shape index (κ1) is 17.3. The van der Waals surface area contributed by atoms with Crippen molar-refractivity contribution in [1.82, 2.24) is 15.0 Å². The maximum atomic E-state index is 9.62. The highest BCUT2D eigenvalue weighted by molar-refractivity contribution is 5.41. The van der Waals surface area contributed by atoms with Crippen molar-refractivity contribution in [2.45, 2.75) is 58.4 Å². The van der Waals surface area contributed by atoms with Gasteiger partial charge in [-0.05, 0) is 30.5 Å². The van der Waals surface area contributed by atoms with Crippen LogP contribution in [0.2, 0.25) is 0 Å². The summed E-state index contributed by atoms with van der Waals surface area (Å²) in [4.78, 5) is 0. The Morgan fingerprint density at radius 1 is 1.13 bits per heavy atom. The van der Waals surface area contributed by atoms with Gasteiger partial charge in [0, 0.05) is 6.20 Å². The number of phenolic OH excluding ortho intramolecular Hbond substituents is 1. The van der Waals surface area contributed by atoms with Crippen LogP contribution < -0.4 is 4.74 Å². The second kappa shape index (κ2) is 9.18. The summed E-state index contributed by atoms with van der Waals surface area (Å²) in [7, 11) is 1.55. The molecule has 2 rings (SSSR count). The Bertz CT molecular complexity index is 596. The molecule has 0 amide bonds. The maximum absolute atomic E-state index is 9.62. The van der Waals surface area contributed by atoms with Crippen LogP contribution in [0.5, 0.6) is 11.5 Å². The Kier molecular flexibility index (Phi) is 6.91. The molecule has 1 N–H and O–H groups in total. The topological polar surface area (TPSA) is 60.2 Å². The Labute approximate surface area is 138 Å². The van der Waals surface area contributed by atoms with E-state index in [1.165, 1.54) is 38.5 Å². The molecule has 2 aromatic rings. The second-order valence-electron chi connectivity index (χ2n) is 5.93. The van der Waals surface area contributed by atoms with Crippen LogP contribution in [0.1, 0.15) is 56.7 Å². The number of nitrogens with zero attached hydrogens (tertiary/aromatic N) is 3. The number of aryl methyl sites for hydroxylation is 1. The number of unbranched alkanes of at least 4 members (excludes halogenated alkanes) is 5. The van der Waals surface area contributed by atoms with E-state index in [4.69, 9.17) is 4.74 Å². The van der Waals surface area contributed by atoms with Crippen molar-refractivity contribution in [3.8, 4) is 11.5 Å². The molecule has 1 aromatic heterocycles. The van der Waals surface area contributed by atoms with E-state index in [1.807, 2.05) is 23.0 Å². The molecule has 0 saturated heterocycles. The van der Waals surface area contributed by atoms with Gasteiger partial charge in [0.25, 0.3) is 0 Å². The fraction of sp³-hybridized carbons (Fsp3) is 0.556. The van der Waals surface area contributed by atoms with Crippen LogP contribution >= 0.6 is 0 Å². The summed E-state index contributed by atoms with van der Waals surface area (Å²) in [5.41, 5.74) is 2.07. The third-order valence-electron chi connectivity index (χ3n) is 3.96. The molecule has 0 aliphatic rings. The molecule has 1 heterocycles. The van der Waals surface area contributed by atoms with E-state index in [9.17, 15) is 5.11 Å². The van der Waals surface area contributed by atoms with Crippen LogP contribution in [0.25, 0.3) is 0 Å². The summed E-state index contributed by atoms with van der Waals surface area (Å²) < 4.78 is 6.96. The van der Waals surface area contributed by atoms with Crippen molar-refractivity contribution in [2.75, 3.05) is 7.11 Å². The lowest BCUT2D eigenvalue weighted by molar-refractivity contribution is 0.372. The lowest BCUT2D eigenvalue weighted by Gasteiger charge is -2.06. The molecule has 0 radical (unpaired) electrons. The largest absolute Gasteiger partial charge is 0.504 e. The van der Waals surface area contributed by atoms with Crippen molar-refractivity contribution >= 4 is 0 Å². The van der Waals surface area contributed by atoms with Gasteiger partial charge >= 0.3 is 0 Å². The SMILES string of the molecule is CCCCCCCCc1cn(Cc2ccc(O)c(OC)c2)nn1. The molecule has 0 unspecified atom stereocenters. The number of hydrogen-bond acceptors (Lipinski definition) is 4. The minimum Gasteiger partial charge on any atom is -0.504 e. The Balaban J connectivity index is 1.80. The normalized spacial score (nSPS) is 10.9. The average Bonchev–Trinajstić information content (AvgIpc) is 3.00. The highest BCUT2D eigenvalue weighted by Gasteiger charge is 2.05. The predicted octanol–water partition coefficient (Wildman–Crippen LogP) is 3.94. The number of ether oxygens (including phenoxy) is 1. The van der Waals surface area contributed by atoms with Crippen LogP contribution in [0.4, 0.5) is 0 Å². The van der Waals surface area contributed by atoms with E-state index in [1.54, 1.807) is 13.2 Å². The standard InChI is InChI=1S/C18H27N3O2/c1-3-4-5-6-7-8-9-16-14-21(20-19-16)13-15-10-11-17(22)18(12-15)23-2/h10-12,14,22H,3-9,13H2,1-2H3. The molecule has 0 aliphatic carbocycles. The van der Waals surface area contributed by atoms with Gasteiger partial charge in [0.15, 0.2) is 11.5 Å². The molecule has 0 atom stereocenters. The van der Waals surface area contributed by atoms with Crippen molar-refractivity contribution in [2.24, 2.45) is 0 Å². The zero-order valence-electron chi connectivity index (χ0n) is 14.2. The summed E-state index contributed by atoms with van der Waals surface area (Å²) in [6.07, 6.45) is 10.7. The molecular weight excluding hydrogens is 290 g/mol. The molecular formula is C18H27N3O2. The third-order valence-corrected chi connectivity index (χ3v) is 3.96. The number of methoxy groups -OCH3 is 1. The number of benzene rings is 1. The van der Waals surface area contributed by atoms with Gasteiger partial charge in [0.2, 0.25) is 0 Å². The van der Waals surface area contributed by atoms with Crippen LogP contribution in [0.15, 0.2) is 24.4 Å². The molecule has 0 bridgehead atoms. The number of aromatic nitrogens is 3. The summed E-state index contributed by atoms with van der Waals surface area (Å²) in [5.74, 6) is 0.633. The fourth-order valence-corrected chi connectivity index (χ4v) is 2.62. The van der Waals surface area contributed by atoms with Crippen LogP contribution in [-0.4, -0.2) is 27.2 Å². The quantitative estimate of drug-likeness (QED) is 0.674. The highest BCUT2D eigenvalue weighted by atomic mass is 16.5. The van der Waals surface area contributed by atoms with Crippen molar-refractivity contribution in [1.29, 1.82) is 0 Å². The molecule has 5 nitrogen and oxygen atoms in total. The first-order valence-electron chi connectivity index (χ1n) is 8.47. The van der Waals surface area contributed by atoms with Crippen molar-refractivity contribution in [3.63, 3.8) is 0 Å². The Morgan fingerprint density at radius 3 is 2.70 bits per heavy atom. The zero-order chi connectivity index (χ0) is 16.5. The minimum atomic E-state index is 0.151. The predicted molar refractivity (Wildman–Crippen MR) is 90.9 cm³/mol. The first-order chi connectivity index (χ1) is 11.2. The molecule has 1 aromatic carbocycles. The number of phenols is 1. The number of hydrogen-bond donors (Lipinski definition) is 1. The molecule has 5 heteroatoms. The Hall–Kier alpha value is -2.04. The second-order valence-corrected chi connectivity index (χ2v) is 5.93. The van der Waals surface area contributed by atoms with Gasteiger partial charge in [0.05, 0.1) is 19.3 Å². The van der Waals surface area contributed by atoms with E-state index in [0.29, 0.717) is 12.3 Å². The molecule has 0 spiro atoms. The Morgan fingerprint density at radius 2 is 1.91 bits per heavy atom. The molecule has 0 aliphatic heterocycles. The van der Waals surface area contributed by atoms with Crippen LogP contribution in [0.3, 0.4) is 0 Å². The van der Waals surface area contributed by atoms with Crippen LogP contribution in [0, 0.1) is 0 Å². The smallest absolute Gasteiger partial charge is 0.160 e. The van der Waals surface area contributed by atoms with Crippen LogP contribution in [-0.2, 0) is 13.0 Å². The molecule has 126 valence electrons. The number of rotatable bonds is 10. The monoisotopic (exact) mass is 317 g/mol. The number of aromatic hydroxyl groups is 1. The van der Waals surface area contributed by atoms with Crippen molar-refractivity contribution < 1.29 is 9.84 Å². The van der Waals surface area contributed by atoms with E-state index >= 15 is 0 Å². The van der Waals surface area contributed by atoms with Gasteiger partial charge in [-0.3, -0.25) is 0 Å². The average molecular weight is 317 g/mol. The summed E-state index contributed by atoms with van der Waals surface area (Å²) in [6, 6.07) is 5.33. The van der Waals surface area contributed by atoms with Gasteiger partial charge in [-0.25, -0.2) is 4.68 Å². The minimum absolute atomic E-state index is 0.151. The molecule has 0 fully saturated rings. The highest BCUT2D eigenvalue weighted by Crippen LogP contribution is 2.26. The zero-order valence-corrected chi connectivity index (χ0v) is 14.2. The first-order valence-corrected chi connectivity index (χ1v) is 8.47. The summed E-state index contributed by atoms with van der Waals surface area (Å²) in [6.45, 7) is 2.86. The summed E-state index contributed by atoms with van der Waals surface area (Å²) >= 11 is 0. The lowest BCUT2D eigenvalue weighted by atomic mass is 10.1. The van der Waals surface area contributed by atoms with Gasteiger partial charge in [-0.2, -0.15) is 0 Å². The molecule has 23 heavy (non-hydrogen) atoms. The van der Waals surface area contributed by atoms with Gasteiger partial charge in [-0.1, -0.05) is 50.3 Å². The summed E-state index contributed by atoms with van der Waals surface area (Å²) in [5, 5.41) is 18.0. The van der Waals surface area contributed by atoms with E-state index < -0.39 is 0 Å². The lowest BCUT2D eigenvalue weighted by Crippen LogP contribution is -2.00. The fourth-order valence-electron chi connectivity index (χ4n) is 2.62. The van der Waals surface area contributed by atoms with E-state index in [2.05, 4.69) is 17.2 Å². The van der Waals surface area contributed by atoms with E-state index in [-0.39, 0.29) is 5.75 Å². The maximum Gasteiger partial charge on any atom is 0.160 e. The van der Waals surface area contributed by atoms with Gasteiger partial charge in [0.1, 0.15) is 0 Å². The van der Waals surface area contributed by atoms with Gasteiger partial charge in [-0.15, -0.1) is 5.10 Å². The third kappa shape index (κ3) is 5.58. The van der Waals surface area contributed by atoms with Gasteiger partial charge < -0.3 is 9.84 Å². The van der Waals surface area contributed by atoms with E-state index in [0.717, 1.165) is 17.7 Å². The molecule has 0 saturated carbocycles.